The third-order valence-corrected chi connectivity index (χ3v) is 4.03. The van der Waals surface area contributed by atoms with Crippen molar-refractivity contribution in [3.05, 3.63) is 47.6 Å². The topological polar surface area (TPSA) is 37.8 Å². The summed E-state index contributed by atoms with van der Waals surface area (Å²) in [7, 11) is 0. The minimum absolute atomic E-state index is 0.479. The Balaban J connectivity index is 1.87. The van der Waals surface area contributed by atoms with Gasteiger partial charge in [0.25, 0.3) is 0 Å². The van der Waals surface area contributed by atoms with E-state index in [-0.39, 0.29) is 0 Å². The van der Waals surface area contributed by atoms with E-state index in [1.54, 1.807) is 11.3 Å². The summed E-state index contributed by atoms with van der Waals surface area (Å²) >= 11 is 1.69. The molecule has 0 saturated heterocycles. The summed E-state index contributed by atoms with van der Waals surface area (Å²) < 4.78 is 0. The molecule has 0 atom stereocenters. The Kier molecular flexibility index (Phi) is 3.76. The van der Waals surface area contributed by atoms with Gasteiger partial charge in [0.1, 0.15) is 5.01 Å². The van der Waals surface area contributed by atoms with Gasteiger partial charge in [-0.3, -0.25) is 4.98 Å². The Morgan fingerprint density at radius 3 is 3.00 bits per heavy atom. The molecule has 3 rings (SSSR count). The third-order valence-electron chi connectivity index (χ3n) is 3.09. The van der Waals surface area contributed by atoms with E-state index in [9.17, 15) is 0 Å². The first kappa shape index (κ1) is 13.2. The van der Waals surface area contributed by atoms with Gasteiger partial charge in [0.15, 0.2) is 0 Å². The van der Waals surface area contributed by atoms with E-state index in [2.05, 4.69) is 53.8 Å². The van der Waals surface area contributed by atoms with E-state index < -0.39 is 0 Å². The summed E-state index contributed by atoms with van der Waals surface area (Å²) in [6.07, 6.45) is 1.82. The van der Waals surface area contributed by atoms with Gasteiger partial charge in [0, 0.05) is 35.1 Å². The Labute approximate surface area is 122 Å². The zero-order valence-electron chi connectivity index (χ0n) is 11.6. The zero-order valence-corrected chi connectivity index (χ0v) is 12.4. The summed E-state index contributed by atoms with van der Waals surface area (Å²) in [6.45, 7) is 5.11. The molecule has 0 aliphatic heterocycles. The number of nitrogens with one attached hydrogen (secondary N) is 1. The van der Waals surface area contributed by atoms with Crippen LogP contribution in [0.25, 0.3) is 21.5 Å². The second kappa shape index (κ2) is 5.69. The second-order valence-electron chi connectivity index (χ2n) is 5.09. The zero-order chi connectivity index (χ0) is 13.9. The van der Waals surface area contributed by atoms with Crippen molar-refractivity contribution in [1.29, 1.82) is 0 Å². The highest BCUT2D eigenvalue weighted by molar-refractivity contribution is 7.13. The first-order valence-electron chi connectivity index (χ1n) is 6.75. The van der Waals surface area contributed by atoms with Crippen molar-refractivity contribution in [1.82, 2.24) is 15.3 Å². The van der Waals surface area contributed by atoms with Crippen LogP contribution >= 0.6 is 11.3 Å². The van der Waals surface area contributed by atoms with Crippen LogP contribution in [0.4, 0.5) is 0 Å². The molecule has 0 spiro atoms. The SMILES string of the molecule is CC(C)NCc1csc(-c2ccc3ncccc3c2)n1. The van der Waals surface area contributed by atoms with E-state index in [0.29, 0.717) is 6.04 Å². The van der Waals surface area contributed by atoms with Gasteiger partial charge >= 0.3 is 0 Å². The molecule has 2 aromatic heterocycles. The van der Waals surface area contributed by atoms with Crippen LogP contribution in [0.15, 0.2) is 41.9 Å². The van der Waals surface area contributed by atoms with Crippen molar-refractivity contribution in [2.45, 2.75) is 26.4 Å². The molecule has 102 valence electrons. The van der Waals surface area contributed by atoms with Gasteiger partial charge in [-0.05, 0) is 24.3 Å². The van der Waals surface area contributed by atoms with Crippen LogP contribution in [0.1, 0.15) is 19.5 Å². The molecular formula is C16H17N3S. The lowest BCUT2D eigenvalue weighted by molar-refractivity contribution is 0.583. The number of hydrogen-bond acceptors (Lipinski definition) is 4. The number of aromatic nitrogens is 2. The molecule has 0 aliphatic carbocycles. The van der Waals surface area contributed by atoms with Gasteiger partial charge in [0.2, 0.25) is 0 Å². The monoisotopic (exact) mass is 283 g/mol. The maximum atomic E-state index is 4.69. The van der Waals surface area contributed by atoms with Crippen LogP contribution in [0.5, 0.6) is 0 Å². The number of thiazole rings is 1. The third kappa shape index (κ3) is 2.86. The van der Waals surface area contributed by atoms with Crippen LogP contribution in [-0.4, -0.2) is 16.0 Å². The van der Waals surface area contributed by atoms with Crippen molar-refractivity contribution in [2.75, 3.05) is 0 Å². The van der Waals surface area contributed by atoms with Crippen LogP contribution in [0.3, 0.4) is 0 Å². The molecule has 0 radical (unpaired) electrons. The molecule has 0 aliphatic rings. The van der Waals surface area contributed by atoms with Crippen LogP contribution < -0.4 is 5.32 Å². The van der Waals surface area contributed by atoms with Crippen molar-refractivity contribution >= 4 is 22.2 Å². The van der Waals surface area contributed by atoms with Crippen molar-refractivity contribution in [3.63, 3.8) is 0 Å². The van der Waals surface area contributed by atoms with Crippen LogP contribution in [-0.2, 0) is 6.54 Å². The molecule has 3 aromatic rings. The van der Waals surface area contributed by atoms with E-state index >= 15 is 0 Å². The molecule has 20 heavy (non-hydrogen) atoms. The molecule has 3 nitrogen and oxygen atoms in total. The van der Waals surface area contributed by atoms with E-state index in [0.717, 1.165) is 33.7 Å². The van der Waals surface area contributed by atoms with E-state index in [1.807, 2.05) is 12.3 Å². The molecule has 1 N–H and O–H groups in total. The summed E-state index contributed by atoms with van der Waals surface area (Å²) in [5, 5.41) is 7.73. The predicted octanol–water partition coefficient (Wildman–Crippen LogP) is 3.86. The van der Waals surface area contributed by atoms with Gasteiger partial charge in [-0.2, -0.15) is 0 Å². The lowest BCUT2D eigenvalue weighted by Crippen LogP contribution is -2.21. The summed E-state index contributed by atoms with van der Waals surface area (Å²) in [4.78, 5) is 9.04. The van der Waals surface area contributed by atoms with Gasteiger partial charge in [-0.25, -0.2) is 4.98 Å². The Morgan fingerprint density at radius 2 is 2.15 bits per heavy atom. The Hall–Kier alpha value is -1.78. The molecular weight excluding hydrogens is 266 g/mol. The first-order valence-corrected chi connectivity index (χ1v) is 7.63. The molecule has 1 aromatic carbocycles. The fourth-order valence-corrected chi connectivity index (χ4v) is 2.85. The normalized spacial score (nSPS) is 11.3. The largest absolute Gasteiger partial charge is 0.309 e. The molecule has 0 bridgehead atoms. The first-order chi connectivity index (χ1) is 9.72. The van der Waals surface area contributed by atoms with Gasteiger partial charge in [-0.1, -0.05) is 19.9 Å². The van der Waals surface area contributed by atoms with E-state index in [1.165, 1.54) is 0 Å². The summed E-state index contributed by atoms with van der Waals surface area (Å²) in [5.41, 5.74) is 3.28. The smallest absolute Gasteiger partial charge is 0.123 e. The maximum absolute atomic E-state index is 4.69. The standard InChI is InChI=1S/C16H17N3S/c1-11(2)18-9-14-10-20-16(19-14)13-5-6-15-12(8-13)4-3-7-17-15/h3-8,10-11,18H,9H2,1-2H3. The number of fused-ring (bicyclic) bond motifs is 1. The fraction of sp³-hybridized carbons (Fsp3) is 0.250. The van der Waals surface area contributed by atoms with Gasteiger partial charge in [0.05, 0.1) is 11.2 Å². The highest BCUT2D eigenvalue weighted by atomic mass is 32.1. The number of pyridine rings is 1. The number of benzene rings is 1. The quantitative estimate of drug-likeness (QED) is 0.790. The molecule has 0 fully saturated rings. The van der Waals surface area contributed by atoms with Crippen LogP contribution in [0, 0.1) is 0 Å². The van der Waals surface area contributed by atoms with E-state index in [4.69, 9.17) is 4.98 Å². The molecule has 0 saturated carbocycles. The highest BCUT2D eigenvalue weighted by Gasteiger charge is 2.06. The molecule has 0 unspecified atom stereocenters. The molecule has 4 heteroatoms. The highest BCUT2D eigenvalue weighted by Crippen LogP contribution is 2.26. The summed E-state index contributed by atoms with van der Waals surface area (Å²) in [6, 6.07) is 10.8. The average Bonchev–Trinajstić information content (AvgIpc) is 2.93. The summed E-state index contributed by atoms with van der Waals surface area (Å²) in [5.74, 6) is 0. The predicted molar refractivity (Wildman–Crippen MR) is 84.8 cm³/mol. The number of hydrogen-bond donors (Lipinski definition) is 1. The lowest BCUT2D eigenvalue weighted by atomic mass is 10.1. The Morgan fingerprint density at radius 1 is 1.25 bits per heavy atom. The maximum Gasteiger partial charge on any atom is 0.123 e. The number of rotatable bonds is 4. The molecule has 0 amide bonds. The van der Waals surface area contributed by atoms with Crippen molar-refractivity contribution in [3.8, 4) is 10.6 Å². The Bertz CT molecular complexity index is 718. The average molecular weight is 283 g/mol. The second-order valence-corrected chi connectivity index (χ2v) is 5.95. The van der Waals surface area contributed by atoms with Gasteiger partial charge in [-0.15, -0.1) is 11.3 Å². The fourth-order valence-electron chi connectivity index (χ4n) is 2.04. The van der Waals surface area contributed by atoms with Gasteiger partial charge < -0.3 is 5.32 Å². The van der Waals surface area contributed by atoms with Crippen molar-refractivity contribution < 1.29 is 0 Å². The molecule has 2 heterocycles. The number of nitrogens with zero attached hydrogens (tertiary/aromatic N) is 2. The van der Waals surface area contributed by atoms with Crippen molar-refractivity contribution in [2.24, 2.45) is 0 Å². The van der Waals surface area contributed by atoms with Crippen LogP contribution in [0.2, 0.25) is 0 Å². The lowest BCUT2D eigenvalue weighted by Gasteiger charge is -2.04. The minimum atomic E-state index is 0.479. The minimum Gasteiger partial charge on any atom is -0.309 e.